The molecule has 11 heteroatoms. The number of aromatic nitrogens is 3. The van der Waals surface area contributed by atoms with Crippen LogP contribution in [0.3, 0.4) is 0 Å². The molecule has 196 valence electrons. The monoisotopic (exact) mass is 508 g/mol. The first-order chi connectivity index (χ1) is 17.7. The van der Waals surface area contributed by atoms with Crippen LogP contribution in [0.5, 0.6) is 11.5 Å². The predicted molar refractivity (Wildman–Crippen MR) is 137 cm³/mol. The van der Waals surface area contributed by atoms with Gasteiger partial charge in [-0.05, 0) is 45.0 Å². The summed E-state index contributed by atoms with van der Waals surface area (Å²) in [5.41, 5.74) is -0.377. The highest BCUT2D eigenvalue weighted by Gasteiger charge is 2.30. The van der Waals surface area contributed by atoms with Crippen molar-refractivity contribution >= 4 is 22.6 Å². The zero-order chi connectivity index (χ0) is 26.2. The lowest BCUT2D eigenvalue weighted by atomic mass is 10.1. The van der Waals surface area contributed by atoms with E-state index >= 15 is 0 Å². The molecule has 0 saturated carbocycles. The minimum Gasteiger partial charge on any atom is -0.503 e. The van der Waals surface area contributed by atoms with Crippen molar-refractivity contribution in [2.45, 2.75) is 45.1 Å². The summed E-state index contributed by atoms with van der Waals surface area (Å²) in [5, 5.41) is 26.0. The zero-order valence-electron chi connectivity index (χ0n) is 21.2. The minimum absolute atomic E-state index is 0.0269. The van der Waals surface area contributed by atoms with Crippen LogP contribution in [-0.4, -0.2) is 86.2 Å². The highest BCUT2D eigenvalue weighted by atomic mass is 16.5. The number of hydrogen-bond donors (Lipinski definition) is 3. The molecule has 37 heavy (non-hydrogen) atoms. The first-order valence-electron chi connectivity index (χ1n) is 12.4. The molecule has 0 spiro atoms. The molecule has 3 aromatic rings. The van der Waals surface area contributed by atoms with Gasteiger partial charge in [-0.15, -0.1) is 0 Å². The van der Waals surface area contributed by atoms with Gasteiger partial charge >= 0.3 is 0 Å². The Morgan fingerprint density at radius 1 is 1.30 bits per heavy atom. The summed E-state index contributed by atoms with van der Waals surface area (Å²) < 4.78 is 13.5. The first kappa shape index (κ1) is 25.1. The van der Waals surface area contributed by atoms with E-state index in [1.165, 1.54) is 6.20 Å². The van der Waals surface area contributed by atoms with Crippen molar-refractivity contribution in [1.82, 2.24) is 19.4 Å². The molecule has 1 unspecified atom stereocenters. The number of phenolic OH excluding ortho intramolecular Hbond substituents is 1. The van der Waals surface area contributed by atoms with E-state index in [0.29, 0.717) is 36.4 Å². The largest absolute Gasteiger partial charge is 0.503 e. The standard InChI is InChI=1S/C26H32N6O5/c1-16-12-31(13-17(2)37-16)14-26(3,35)15-36-20-7-6-19-21(22(20)33)29-25(32-10-9-28-23(19)32)30-24(34)18-5-4-8-27-11-18/h4-8,11,16-17,28,33,35H,9-10,12-15H2,1-3H3/t16-,17+,26?. The molecular weight excluding hydrogens is 476 g/mol. The minimum atomic E-state index is -1.16. The lowest BCUT2D eigenvalue weighted by molar-refractivity contribution is -0.0952. The SMILES string of the molecule is C[C@@H]1CN(CC(C)(O)COc2ccc3c4n(c(=NC(=O)c5cccnc5)nc3c2O)CCN4)C[C@H](C)O1. The number of hydrogen-bond acceptors (Lipinski definition) is 9. The fourth-order valence-electron chi connectivity index (χ4n) is 4.98. The molecule has 2 aliphatic heterocycles. The number of pyridine rings is 1. The van der Waals surface area contributed by atoms with E-state index in [1.807, 2.05) is 18.4 Å². The van der Waals surface area contributed by atoms with Crippen LogP contribution in [0, 0.1) is 0 Å². The maximum atomic E-state index is 12.7. The summed E-state index contributed by atoms with van der Waals surface area (Å²) in [6.07, 6.45) is 3.21. The van der Waals surface area contributed by atoms with Crippen LogP contribution in [0.25, 0.3) is 10.9 Å². The normalized spacial score (nSPS) is 21.9. The van der Waals surface area contributed by atoms with Crippen molar-refractivity contribution in [2.75, 3.05) is 38.1 Å². The quantitative estimate of drug-likeness (QED) is 0.453. The summed E-state index contributed by atoms with van der Waals surface area (Å²) in [4.78, 5) is 27.6. The van der Waals surface area contributed by atoms with Crippen LogP contribution in [0.4, 0.5) is 5.82 Å². The predicted octanol–water partition coefficient (Wildman–Crippen LogP) is 1.54. The number of aromatic hydroxyl groups is 1. The van der Waals surface area contributed by atoms with Gasteiger partial charge in [-0.25, -0.2) is 4.98 Å². The van der Waals surface area contributed by atoms with Crippen LogP contribution in [0.15, 0.2) is 41.7 Å². The summed E-state index contributed by atoms with van der Waals surface area (Å²) in [5.74, 6) is 0.254. The highest BCUT2D eigenvalue weighted by molar-refractivity contribution is 5.96. The number of nitrogens with one attached hydrogen (secondary N) is 1. The number of fused-ring (bicyclic) bond motifs is 3. The summed E-state index contributed by atoms with van der Waals surface area (Å²) in [6, 6.07) is 6.76. The molecule has 0 bridgehead atoms. The Bertz CT molecular complexity index is 1360. The zero-order valence-corrected chi connectivity index (χ0v) is 21.2. The van der Waals surface area contributed by atoms with E-state index in [4.69, 9.17) is 9.47 Å². The van der Waals surface area contributed by atoms with E-state index in [0.717, 1.165) is 13.1 Å². The van der Waals surface area contributed by atoms with Gasteiger partial charge in [0.25, 0.3) is 5.91 Å². The second-order valence-corrected chi connectivity index (χ2v) is 10.0. The molecule has 1 fully saturated rings. The van der Waals surface area contributed by atoms with Crippen LogP contribution in [-0.2, 0) is 11.3 Å². The van der Waals surface area contributed by atoms with Crippen molar-refractivity contribution in [3.8, 4) is 11.5 Å². The van der Waals surface area contributed by atoms with E-state index in [2.05, 4.69) is 25.2 Å². The van der Waals surface area contributed by atoms with Crippen LogP contribution >= 0.6 is 0 Å². The third kappa shape index (κ3) is 5.43. The van der Waals surface area contributed by atoms with Crippen molar-refractivity contribution in [3.05, 3.63) is 47.8 Å². The van der Waals surface area contributed by atoms with Crippen molar-refractivity contribution in [2.24, 2.45) is 4.99 Å². The van der Waals surface area contributed by atoms with Gasteiger partial charge < -0.3 is 25.0 Å². The Hall–Kier alpha value is -3.54. The third-order valence-corrected chi connectivity index (χ3v) is 6.43. The number of carbonyl (C=O) groups excluding carboxylic acids is 1. The first-order valence-corrected chi connectivity index (χ1v) is 12.4. The fraction of sp³-hybridized carbons (Fsp3) is 0.462. The summed E-state index contributed by atoms with van der Waals surface area (Å²) >= 11 is 0. The number of rotatable bonds is 6. The number of carbonyl (C=O) groups is 1. The van der Waals surface area contributed by atoms with Gasteiger partial charge in [0.15, 0.2) is 11.5 Å². The molecule has 11 nitrogen and oxygen atoms in total. The van der Waals surface area contributed by atoms with Gasteiger partial charge in [0.1, 0.15) is 23.5 Å². The number of amides is 1. The molecule has 2 aromatic heterocycles. The molecule has 0 radical (unpaired) electrons. The summed E-state index contributed by atoms with van der Waals surface area (Å²) in [7, 11) is 0. The molecule has 2 aliphatic rings. The number of nitrogens with zero attached hydrogens (tertiary/aromatic N) is 5. The molecule has 4 heterocycles. The van der Waals surface area contributed by atoms with Crippen molar-refractivity contribution < 1.29 is 24.5 Å². The topological polar surface area (TPSA) is 134 Å². The Labute approximate surface area is 214 Å². The van der Waals surface area contributed by atoms with Crippen LogP contribution in [0.2, 0.25) is 0 Å². The van der Waals surface area contributed by atoms with E-state index < -0.39 is 11.5 Å². The number of aliphatic hydroxyl groups is 1. The molecule has 1 aromatic carbocycles. The van der Waals surface area contributed by atoms with Gasteiger partial charge in [-0.2, -0.15) is 4.99 Å². The average Bonchev–Trinajstić information content (AvgIpc) is 3.34. The number of benzene rings is 1. The second-order valence-electron chi connectivity index (χ2n) is 10.0. The lowest BCUT2D eigenvalue weighted by Gasteiger charge is -2.38. The number of phenols is 1. The molecule has 0 aliphatic carbocycles. The Morgan fingerprint density at radius 3 is 2.81 bits per heavy atom. The maximum absolute atomic E-state index is 12.7. The maximum Gasteiger partial charge on any atom is 0.281 e. The van der Waals surface area contributed by atoms with Gasteiger partial charge in [-0.1, -0.05) is 0 Å². The fourth-order valence-corrected chi connectivity index (χ4v) is 4.98. The third-order valence-electron chi connectivity index (χ3n) is 6.43. The van der Waals surface area contributed by atoms with E-state index in [9.17, 15) is 15.0 Å². The molecule has 1 saturated heterocycles. The van der Waals surface area contributed by atoms with Gasteiger partial charge in [0, 0.05) is 50.5 Å². The molecule has 5 rings (SSSR count). The molecular formula is C26H32N6O5. The van der Waals surface area contributed by atoms with E-state index in [1.54, 1.807) is 37.4 Å². The molecule has 1 amide bonds. The second kappa shape index (κ2) is 10.1. The Morgan fingerprint density at radius 2 is 2.08 bits per heavy atom. The Kier molecular flexibility index (Phi) is 6.84. The molecule has 3 N–H and O–H groups in total. The van der Waals surface area contributed by atoms with Crippen molar-refractivity contribution in [3.63, 3.8) is 0 Å². The number of β-amino-alcohol motifs (C(OH)–C–C–N with tert-alkyl or cyclic N) is 1. The summed E-state index contributed by atoms with van der Waals surface area (Å²) in [6.45, 7) is 8.81. The number of ether oxygens (including phenoxy) is 2. The smallest absolute Gasteiger partial charge is 0.281 e. The van der Waals surface area contributed by atoms with Gasteiger partial charge in [0.05, 0.1) is 17.8 Å². The van der Waals surface area contributed by atoms with Crippen LogP contribution in [0.1, 0.15) is 31.1 Å². The average molecular weight is 509 g/mol. The van der Waals surface area contributed by atoms with E-state index in [-0.39, 0.29) is 41.4 Å². The number of anilines is 1. The highest BCUT2D eigenvalue weighted by Crippen LogP contribution is 2.36. The lowest BCUT2D eigenvalue weighted by Crippen LogP contribution is -2.52. The molecule has 3 atom stereocenters. The number of morpholine rings is 1. The van der Waals surface area contributed by atoms with Crippen molar-refractivity contribution in [1.29, 1.82) is 0 Å². The van der Waals surface area contributed by atoms with Gasteiger partial charge in [-0.3, -0.25) is 19.2 Å². The van der Waals surface area contributed by atoms with Gasteiger partial charge in [0.2, 0.25) is 5.62 Å². The Balaban J connectivity index is 1.41. The van der Waals surface area contributed by atoms with Crippen LogP contribution < -0.4 is 15.7 Å².